The molecule has 2 rings (SSSR count). The van der Waals surface area contributed by atoms with Gasteiger partial charge in [-0.05, 0) is 37.6 Å². The number of nitrogens with one attached hydrogen (secondary N) is 1. The van der Waals surface area contributed by atoms with E-state index in [4.69, 9.17) is 0 Å². The van der Waals surface area contributed by atoms with Crippen molar-refractivity contribution in [2.24, 2.45) is 0 Å². The average Bonchev–Trinajstić information content (AvgIpc) is 2.81. The number of phenols is 1. The molecule has 1 amide bonds. The molecule has 0 aromatic heterocycles. The van der Waals surface area contributed by atoms with E-state index in [9.17, 15) is 9.90 Å². The van der Waals surface area contributed by atoms with Gasteiger partial charge in [-0.2, -0.15) is 0 Å². The number of aromatic hydroxyl groups is 1. The van der Waals surface area contributed by atoms with Crippen molar-refractivity contribution in [3.63, 3.8) is 0 Å². The van der Waals surface area contributed by atoms with Crippen molar-refractivity contribution in [2.75, 3.05) is 20.1 Å². The quantitative estimate of drug-likeness (QED) is 0.840. The molecule has 1 heterocycles. The first-order valence-electron chi connectivity index (χ1n) is 6.42. The fourth-order valence-electron chi connectivity index (χ4n) is 2.50. The third-order valence-corrected chi connectivity index (χ3v) is 3.43. The number of benzene rings is 1. The summed E-state index contributed by atoms with van der Waals surface area (Å²) >= 11 is 0. The zero-order valence-electron chi connectivity index (χ0n) is 10.7. The molecule has 98 valence electrons. The van der Waals surface area contributed by atoms with Crippen LogP contribution >= 0.6 is 0 Å². The lowest BCUT2D eigenvalue weighted by molar-refractivity contribution is -0.131. The van der Waals surface area contributed by atoms with Crippen molar-refractivity contribution in [1.29, 1.82) is 0 Å². The molecule has 0 saturated carbocycles. The highest BCUT2D eigenvalue weighted by Crippen LogP contribution is 2.18. The molecule has 1 unspecified atom stereocenters. The molecule has 18 heavy (non-hydrogen) atoms. The Labute approximate surface area is 108 Å². The summed E-state index contributed by atoms with van der Waals surface area (Å²) in [5.74, 6) is 0.416. The van der Waals surface area contributed by atoms with Crippen molar-refractivity contribution in [3.05, 3.63) is 29.8 Å². The molecule has 1 aliphatic rings. The predicted octanol–water partition coefficient (Wildman–Crippen LogP) is 1.15. The number of phenolic OH excluding ortho intramolecular Hbond substituents is 1. The van der Waals surface area contributed by atoms with Crippen LogP contribution in [0.25, 0.3) is 0 Å². The van der Waals surface area contributed by atoms with Crippen LogP contribution in [0.4, 0.5) is 0 Å². The number of nitrogens with zero attached hydrogens (tertiary/aromatic N) is 1. The van der Waals surface area contributed by atoms with E-state index in [1.54, 1.807) is 24.3 Å². The van der Waals surface area contributed by atoms with E-state index in [1.165, 1.54) is 0 Å². The number of amides is 1. The SMILES string of the molecule is CNCC1CCCN1C(=O)Cc1ccc(O)cc1. The van der Waals surface area contributed by atoms with E-state index >= 15 is 0 Å². The Hall–Kier alpha value is -1.55. The molecule has 1 aromatic rings. The largest absolute Gasteiger partial charge is 0.508 e. The number of rotatable bonds is 4. The highest BCUT2D eigenvalue weighted by atomic mass is 16.3. The van der Waals surface area contributed by atoms with Gasteiger partial charge < -0.3 is 15.3 Å². The summed E-state index contributed by atoms with van der Waals surface area (Å²) in [6.07, 6.45) is 2.59. The average molecular weight is 248 g/mol. The van der Waals surface area contributed by atoms with Gasteiger partial charge in [-0.3, -0.25) is 4.79 Å². The van der Waals surface area contributed by atoms with Gasteiger partial charge in [-0.25, -0.2) is 0 Å². The molecule has 1 aromatic carbocycles. The first kappa shape index (κ1) is 12.9. The zero-order valence-corrected chi connectivity index (χ0v) is 10.7. The van der Waals surface area contributed by atoms with Gasteiger partial charge in [0.2, 0.25) is 5.91 Å². The van der Waals surface area contributed by atoms with Crippen LogP contribution in [-0.2, 0) is 11.2 Å². The molecule has 1 fully saturated rings. The Kier molecular flexibility index (Phi) is 4.20. The first-order chi connectivity index (χ1) is 8.70. The summed E-state index contributed by atoms with van der Waals surface area (Å²) in [6.45, 7) is 1.73. The smallest absolute Gasteiger partial charge is 0.227 e. The minimum absolute atomic E-state index is 0.179. The number of carbonyl (C=O) groups is 1. The fraction of sp³-hybridized carbons (Fsp3) is 0.500. The maximum absolute atomic E-state index is 12.2. The molecule has 1 saturated heterocycles. The van der Waals surface area contributed by atoms with Crippen molar-refractivity contribution in [2.45, 2.75) is 25.3 Å². The lowest BCUT2D eigenvalue weighted by Crippen LogP contribution is -2.41. The Bertz CT molecular complexity index is 403. The molecular formula is C14H20N2O2. The van der Waals surface area contributed by atoms with Crippen LogP contribution < -0.4 is 5.32 Å². The van der Waals surface area contributed by atoms with E-state index < -0.39 is 0 Å². The van der Waals surface area contributed by atoms with Crippen LogP contribution in [0.1, 0.15) is 18.4 Å². The van der Waals surface area contributed by atoms with Crippen molar-refractivity contribution in [1.82, 2.24) is 10.2 Å². The van der Waals surface area contributed by atoms with Gasteiger partial charge in [-0.15, -0.1) is 0 Å². The maximum Gasteiger partial charge on any atom is 0.227 e. The molecule has 4 heteroatoms. The second kappa shape index (κ2) is 5.87. The summed E-state index contributed by atoms with van der Waals surface area (Å²) in [5, 5.41) is 12.3. The van der Waals surface area contributed by atoms with Crippen molar-refractivity contribution < 1.29 is 9.90 Å². The summed E-state index contributed by atoms with van der Waals surface area (Å²) < 4.78 is 0. The number of hydrogen-bond donors (Lipinski definition) is 2. The van der Waals surface area contributed by atoms with E-state index in [2.05, 4.69) is 5.32 Å². The number of likely N-dealkylation sites (tertiary alicyclic amines) is 1. The molecule has 1 atom stereocenters. The lowest BCUT2D eigenvalue weighted by Gasteiger charge is -2.24. The topological polar surface area (TPSA) is 52.6 Å². The van der Waals surface area contributed by atoms with Gasteiger partial charge in [0.25, 0.3) is 0 Å². The van der Waals surface area contributed by atoms with E-state index in [0.717, 1.165) is 31.5 Å². The number of carbonyl (C=O) groups excluding carboxylic acids is 1. The van der Waals surface area contributed by atoms with Crippen LogP contribution in [0, 0.1) is 0 Å². The Morgan fingerprint density at radius 1 is 1.44 bits per heavy atom. The maximum atomic E-state index is 12.2. The van der Waals surface area contributed by atoms with Crippen LogP contribution in [0.5, 0.6) is 5.75 Å². The third-order valence-electron chi connectivity index (χ3n) is 3.43. The van der Waals surface area contributed by atoms with Crippen LogP contribution in [0.15, 0.2) is 24.3 Å². The van der Waals surface area contributed by atoms with E-state index in [-0.39, 0.29) is 11.7 Å². The highest BCUT2D eigenvalue weighted by molar-refractivity contribution is 5.79. The van der Waals surface area contributed by atoms with E-state index in [0.29, 0.717) is 12.5 Å². The second-order valence-corrected chi connectivity index (χ2v) is 4.78. The molecule has 1 aliphatic heterocycles. The van der Waals surface area contributed by atoms with Gasteiger partial charge in [-0.1, -0.05) is 12.1 Å². The van der Waals surface area contributed by atoms with Crippen LogP contribution in [0.2, 0.25) is 0 Å². The second-order valence-electron chi connectivity index (χ2n) is 4.78. The predicted molar refractivity (Wildman–Crippen MR) is 70.5 cm³/mol. The number of likely N-dealkylation sites (N-methyl/N-ethyl adjacent to an activating group) is 1. The minimum Gasteiger partial charge on any atom is -0.508 e. The van der Waals surface area contributed by atoms with Gasteiger partial charge in [0.15, 0.2) is 0 Å². The summed E-state index contributed by atoms with van der Waals surface area (Å²) in [5.41, 5.74) is 0.952. The van der Waals surface area contributed by atoms with Crippen LogP contribution in [0.3, 0.4) is 0 Å². The third kappa shape index (κ3) is 3.01. The van der Waals surface area contributed by atoms with Gasteiger partial charge >= 0.3 is 0 Å². The number of hydrogen-bond acceptors (Lipinski definition) is 3. The van der Waals surface area contributed by atoms with Gasteiger partial charge in [0.05, 0.1) is 6.42 Å². The molecule has 0 spiro atoms. The Morgan fingerprint density at radius 3 is 2.83 bits per heavy atom. The van der Waals surface area contributed by atoms with Gasteiger partial charge in [0, 0.05) is 19.1 Å². The molecule has 0 radical (unpaired) electrons. The molecule has 4 nitrogen and oxygen atoms in total. The molecule has 0 aliphatic carbocycles. The first-order valence-corrected chi connectivity index (χ1v) is 6.42. The Balaban J connectivity index is 1.96. The monoisotopic (exact) mass is 248 g/mol. The standard InChI is InChI=1S/C14H20N2O2/c1-15-10-12-3-2-8-16(12)14(18)9-11-4-6-13(17)7-5-11/h4-7,12,15,17H,2-3,8-10H2,1H3. The summed E-state index contributed by atoms with van der Waals surface area (Å²) in [6, 6.07) is 7.18. The van der Waals surface area contributed by atoms with Gasteiger partial charge in [0.1, 0.15) is 5.75 Å². The Morgan fingerprint density at radius 2 is 2.17 bits per heavy atom. The zero-order chi connectivity index (χ0) is 13.0. The molecule has 2 N–H and O–H groups in total. The molecular weight excluding hydrogens is 228 g/mol. The lowest BCUT2D eigenvalue weighted by atomic mass is 10.1. The minimum atomic E-state index is 0.179. The van der Waals surface area contributed by atoms with E-state index in [1.807, 2.05) is 11.9 Å². The fourth-order valence-corrected chi connectivity index (χ4v) is 2.50. The highest BCUT2D eigenvalue weighted by Gasteiger charge is 2.27. The van der Waals surface area contributed by atoms with Crippen molar-refractivity contribution >= 4 is 5.91 Å². The summed E-state index contributed by atoms with van der Waals surface area (Å²) in [4.78, 5) is 14.2. The van der Waals surface area contributed by atoms with Crippen molar-refractivity contribution in [3.8, 4) is 5.75 Å². The molecule has 0 bridgehead atoms. The summed E-state index contributed by atoms with van der Waals surface area (Å²) in [7, 11) is 1.92. The van der Waals surface area contributed by atoms with Crippen LogP contribution in [-0.4, -0.2) is 42.1 Å². The normalized spacial score (nSPS) is 19.2.